The Labute approximate surface area is 263 Å². The minimum Gasteiger partial charge on any atom is -0.497 e. The van der Waals surface area contributed by atoms with Crippen molar-refractivity contribution in [2.45, 2.75) is 112 Å². The van der Waals surface area contributed by atoms with Crippen molar-refractivity contribution in [3.05, 3.63) is 48.0 Å². The van der Waals surface area contributed by atoms with Crippen LogP contribution in [0.4, 0.5) is 0 Å². The molecule has 0 fully saturated rings. The maximum Gasteiger partial charge on any atom is 0.346 e. The van der Waals surface area contributed by atoms with Gasteiger partial charge in [0.05, 0.1) is 44.3 Å². The molecule has 0 amide bonds. The average Bonchev–Trinajstić information content (AvgIpc) is 3.23. The molecule has 44 heavy (non-hydrogen) atoms. The van der Waals surface area contributed by atoms with Crippen LogP contribution in [0.5, 0.6) is 11.5 Å². The topological polar surface area (TPSA) is 94.5 Å². The molecule has 0 saturated carbocycles. The Morgan fingerprint density at radius 2 is 1.14 bits per heavy atom. The van der Waals surface area contributed by atoms with Gasteiger partial charge in [0.25, 0.3) is 0 Å². The van der Waals surface area contributed by atoms with Gasteiger partial charge in [-0.2, -0.15) is 0 Å². The fraction of sp³-hybridized carbons (Fsp3) is 0.576. The Balaban J connectivity index is 2.29. The molecular formula is C33H51NO8P2. The van der Waals surface area contributed by atoms with Gasteiger partial charge in [0.15, 0.2) is 5.40 Å². The van der Waals surface area contributed by atoms with E-state index in [2.05, 4.69) is 17.6 Å². The highest BCUT2D eigenvalue weighted by Crippen LogP contribution is 2.73. The van der Waals surface area contributed by atoms with Crippen molar-refractivity contribution in [3.8, 4) is 22.8 Å². The average molecular weight is 652 g/mol. The number of fused-ring (bicyclic) bond motifs is 1. The van der Waals surface area contributed by atoms with E-state index in [1.165, 1.54) is 0 Å². The van der Waals surface area contributed by atoms with Gasteiger partial charge in [-0.1, -0.05) is 0 Å². The summed E-state index contributed by atoms with van der Waals surface area (Å²) in [6.07, 6.45) is -1.24. The van der Waals surface area contributed by atoms with Crippen molar-refractivity contribution < 1.29 is 36.7 Å². The van der Waals surface area contributed by atoms with Gasteiger partial charge >= 0.3 is 15.2 Å². The number of ether oxygens (including phenoxy) is 2. The molecule has 0 spiro atoms. The number of nitrogens with zero attached hydrogens (tertiary/aromatic N) is 1. The quantitative estimate of drug-likeness (QED) is 0.133. The van der Waals surface area contributed by atoms with Gasteiger partial charge in [-0.15, -0.1) is 0 Å². The third-order valence-corrected chi connectivity index (χ3v) is 13.4. The number of hydrogen-bond donors (Lipinski definition) is 0. The number of benzene rings is 2. The van der Waals surface area contributed by atoms with Gasteiger partial charge in [-0.3, -0.25) is 9.13 Å². The van der Waals surface area contributed by atoms with Crippen LogP contribution in [0.2, 0.25) is 0 Å². The van der Waals surface area contributed by atoms with Crippen LogP contribution in [0, 0.1) is 0 Å². The number of aryl methyl sites for hydroxylation is 2. The summed E-state index contributed by atoms with van der Waals surface area (Å²) in [6, 6.07) is 13.9. The van der Waals surface area contributed by atoms with Crippen molar-refractivity contribution in [1.29, 1.82) is 0 Å². The number of methoxy groups -OCH3 is 2. The van der Waals surface area contributed by atoms with E-state index in [1.54, 1.807) is 69.6 Å². The van der Waals surface area contributed by atoms with E-state index in [9.17, 15) is 9.13 Å². The van der Waals surface area contributed by atoms with Crippen molar-refractivity contribution in [1.82, 2.24) is 4.57 Å². The van der Waals surface area contributed by atoms with E-state index in [1.807, 2.05) is 36.4 Å². The molecule has 0 atom stereocenters. The van der Waals surface area contributed by atoms with Gasteiger partial charge in [0.2, 0.25) is 0 Å². The van der Waals surface area contributed by atoms with Crippen LogP contribution in [0.1, 0.15) is 74.3 Å². The van der Waals surface area contributed by atoms with Gasteiger partial charge in [-0.25, -0.2) is 0 Å². The number of hydrogen-bond acceptors (Lipinski definition) is 8. The molecule has 0 bridgehead atoms. The Kier molecular flexibility index (Phi) is 12.8. The molecule has 0 radical (unpaired) electrons. The van der Waals surface area contributed by atoms with E-state index in [-0.39, 0.29) is 6.42 Å². The fourth-order valence-electron chi connectivity index (χ4n) is 5.46. The Bertz CT molecular complexity index is 1400. The molecule has 0 aliphatic rings. The van der Waals surface area contributed by atoms with E-state index >= 15 is 0 Å². The summed E-state index contributed by atoms with van der Waals surface area (Å²) in [5.41, 5.74) is 4.03. The molecule has 11 heteroatoms. The first-order valence-corrected chi connectivity index (χ1v) is 18.7. The molecule has 2 aromatic carbocycles. The summed E-state index contributed by atoms with van der Waals surface area (Å²) < 4.78 is 67.1. The lowest BCUT2D eigenvalue weighted by Gasteiger charge is -2.35. The minimum atomic E-state index is -4.05. The molecule has 0 aliphatic carbocycles. The molecule has 0 aliphatic heterocycles. The lowest BCUT2D eigenvalue weighted by Crippen LogP contribution is -2.24. The molecule has 0 N–H and O–H groups in total. The lowest BCUT2D eigenvalue weighted by atomic mass is 10.0. The van der Waals surface area contributed by atoms with Gasteiger partial charge in [0.1, 0.15) is 11.5 Å². The van der Waals surface area contributed by atoms with Crippen LogP contribution < -0.4 is 9.47 Å². The Hall–Kier alpha value is -2.12. The van der Waals surface area contributed by atoms with Crippen LogP contribution in [0.25, 0.3) is 22.2 Å². The summed E-state index contributed by atoms with van der Waals surface area (Å²) in [7, 11) is -4.81. The highest BCUT2D eigenvalue weighted by Gasteiger charge is 2.52. The molecule has 9 nitrogen and oxygen atoms in total. The normalized spacial score (nSPS) is 12.9. The zero-order valence-electron chi connectivity index (χ0n) is 28.2. The first-order chi connectivity index (χ1) is 20.7. The van der Waals surface area contributed by atoms with Crippen molar-refractivity contribution in [3.63, 3.8) is 0 Å². The van der Waals surface area contributed by atoms with Crippen LogP contribution in [0.15, 0.2) is 42.5 Å². The second-order valence-corrected chi connectivity index (χ2v) is 16.6. The summed E-state index contributed by atoms with van der Waals surface area (Å²) in [6.45, 7) is 17.1. The van der Waals surface area contributed by atoms with E-state index in [0.29, 0.717) is 13.0 Å². The lowest BCUT2D eigenvalue weighted by molar-refractivity contribution is 0.121. The molecule has 3 aromatic rings. The first-order valence-electron chi connectivity index (χ1n) is 15.4. The Morgan fingerprint density at radius 3 is 1.55 bits per heavy atom. The van der Waals surface area contributed by atoms with Crippen molar-refractivity contribution in [2.75, 3.05) is 14.2 Å². The molecule has 1 heterocycles. The van der Waals surface area contributed by atoms with Gasteiger partial charge in [-0.05, 0) is 129 Å². The van der Waals surface area contributed by atoms with Crippen molar-refractivity contribution >= 4 is 26.1 Å². The first kappa shape index (κ1) is 36.3. The highest BCUT2D eigenvalue weighted by molar-refractivity contribution is 7.72. The second kappa shape index (κ2) is 15.4. The standard InChI is InChI=1S/C33H51NO8P2/c1-12-34-31-19-17-28(38-11)21-30(31)29(33(34)26-13-15-27(37-10)16-14-26)18-20-32(43(35,39-22(2)3)40-23(4)5)44(36,41-24(6)7)42-25(8)9/h13-17,19,21-25,32H,12,18,20H2,1-11H3. The van der Waals surface area contributed by atoms with Gasteiger partial charge < -0.3 is 32.1 Å². The van der Waals surface area contributed by atoms with Crippen molar-refractivity contribution in [2.24, 2.45) is 0 Å². The zero-order chi connectivity index (χ0) is 32.8. The number of rotatable bonds is 17. The Morgan fingerprint density at radius 1 is 0.682 bits per heavy atom. The van der Waals surface area contributed by atoms with Gasteiger partial charge in [0, 0.05) is 17.4 Å². The minimum absolute atomic E-state index is 0.163. The maximum absolute atomic E-state index is 14.8. The second-order valence-electron chi connectivity index (χ2n) is 11.9. The summed E-state index contributed by atoms with van der Waals surface area (Å²) in [5.74, 6) is 1.48. The molecule has 0 unspecified atom stereocenters. The number of aromatic nitrogens is 1. The SMILES string of the molecule is CCn1c(-c2ccc(OC)cc2)c(CCC(P(=O)(OC(C)C)OC(C)C)P(=O)(OC(C)C)OC(C)C)c2cc(OC)ccc21. The van der Waals surface area contributed by atoms with Crippen LogP contribution in [-0.2, 0) is 40.2 Å². The maximum atomic E-state index is 14.8. The monoisotopic (exact) mass is 651 g/mol. The van der Waals surface area contributed by atoms with Crippen LogP contribution >= 0.6 is 15.2 Å². The third kappa shape index (κ3) is 8.57. The van der Waals surface area contributed by atoms with E-state index < -0.39 is 45.0 Å². The molecule has 1 aromatic heterocycles. The predicted octanol–water partition coefficient (Wildman–Crippen LogP) is 9.69. The van der Waals surface area contributed by atoms with E-state index in [0.717, 1.165) is 39.2 Å². The van der Waals surface area contributed by atoms with Crippen LogP contribution in [0.3, 0.4) is 0 Å². The third-order valence-electron chi connectivity index (χ3n) is 6.87. The smallest absolute Gasteiger partial charge is 0.346 e. The molecule has 3 rings (SSSR count). The fourth-order valence-corrected chi connectivity index (χ4v) is 11.4. The molecular weight excluding hydrogens is 600 g/mol. The molecule has 0 saturated heterocycles. The largest absolute Gasteiger partial charge is 0.497 e. The predicted molar refractivity (Wildman–Crippen MR) is 178 cm³/mol. The van der Waals surface area contributed by atoms with Crippen LogP contribution in [-0.4, -0.2) is 48.6 Å². The summed E-state index contributed by atoms with van der Waals surface area (Å²) in [5, 5.41) is -0.177. The summed E-state index contributed by atoms with van der Waals surface area (Å²) in [4.78, 5) is 0. The summed E-state index contributed by atoms with van der Waals surface area (Å²) >= 11 is 0. The molecule has 246 valence electrons. The van der Waals surface area contributed by atoms with E-state index in [4.69, 9.17) is 27.6 Å². The highest BCUT2D eigenvalue weighted by atomic mass is 31.2. The zero-order valence-corrected chi connectivity index (χ0v) is 29.9.